The lowest BCUT2D eigenvalue weighted by atomic mass is 9.74. The van der Waals surface area contributed by atoms with Gasteiger partial charge in [0.15, 0.2) is 0 Å². The van der Waals surface area contributed by atoms with Crippen molar-refractivity contribution in [1.29, 1.82) is 0 Å². The lowest BCUT2D eigenvalue weighted by Crippen LogP contribution is -2.61. The van der Waals surface area contributed by atoms with Gasteiger partial charge in [0.25, 0.3) is 0 Å². The number of aliphatic hydroxyl groups is 1. The molecule has 224 valence electrons. The van der Waals surface area contributed by atoms with Crippen LogP contribution < -0.4 is 0 Å². The van der Waals surface area contributed by atoms with Crippen molar-refractivity contribution >= 4 is 29.5 Å². The summed E-state index contributed by atoms with van der Waals surface area (Å²) in [4.78, 5) is 46.9. The van der Waals surface area contributed by atoms with Gasteiger partial charge in [-0.3, -0.25) is 14.4 Å². The number of amides is 2. The predicted octanol–water partition coefficient (Wildman–Crippen LogP) is 4.98. The number of hydrogen-bond donors (Lipinski definition) is 1. The van der Waals surface area contributed by atoms with Gasteiger partial charge in [-0.15, -0.1) is 11.8 Å². The molecule has 0 aliphatic carbocycles. The van der Waals surface area contributed by atoms with Gasteiger partial charge in [-0.05, 0) is 57.8 Å². The highest BCUT2D eigenvalue weighted by Crippen LogP contribution is 2.66. The molecule has 0 aromatic carbocycles. The molecule has 1 unspecified atom stereocenters. The molecule has 0 aromatic heterocycles. The molecule has 0 bridgehead atoms. The number of esters is 1. The Labute approximate surface area is 245 Å². The van der Waals surface area contributed by atoms with Crippen LogP contribution in [-0.2, 0) is 19.1 Å². The Hall–Kier alpha value is -1.80. The molecule has 7 nitrogen and oxygen atoms in total. The smallest absolute Gasteiger partial charge is 0.311 e. The monoisotopic (exact) mass is 574 g/mol. The molecular weight excluding hydrogens is 524 g/mol. The second-order valence-electron chi connectivity index (χ2n) is 14.3. The highest BCUT2D eigenvalue weighted by molar-refractivity contribution is 8.02. The van der Waals surface area contributed by atoms with Gasteiger partial charge in [0.2, 0.25) is 11.8 Å². The number of nitrogens with zero attached hydrogens (tertiary/aromatic N) is 2. The van der Waals surface area contributed by atoms with Crippen LogP contribution in [0.3, 0.4) is 0 Å². The van der Waals surface area contributed by atoms with E-state index in [1.807, 2.05) is 31.7 Å². The zero-order valence-corrected chi connectivity index (χ0v) is 26.6. The third-order valence-corrected chi connectivity index (χ3v) is 11.3. The van der Waals surface area contributed by atoms with Gasteiger partial charge < -0.3 is 19.6 Å². The molecule has 2 amide bonds. The Kier molecular flexibility index (Phi) is 8.66. The summed E-state index contributed by atoms with van der Waals surface area (Å²) in [5, 5.41) is 10.6. The van der Waals surface area contributed by atoms with E-state index in [0.717, 1.165) is 32.1 Å². The van der Waals surface area contributed by atoms with E-state index < -0.39 is 39.0 Å². The van der Waals surface area contributed by atoms with Crippen molar-refractivity contribution in [3.05, 3.63) is 24.3 Å². The van der Waals surface area contributed by atoms with E-state index in [2.05, 4.69) is 52.8 Å². The molecule has 4 aliphatic heterocycles. The van der Waals surface area contributed by atoms with Gasteiger partial charge in [-0.2, -0.15) is 0 Å². The molecule has 4 heterocycles. The number of fused-ring (bicyclic) bond motifs is 2. The van der Waals surface area contributed by atoms with Crippen LogP contribution in [0, 0.1) is 23.2 Å². The van der Waals surface area contributed by atoms with Crippen molar-refractivity contribution in [2.24, 2.45) is 23.2 Å². The largest absolute Gasteiger partial charge is 0.465 e. The number of aliphatic hydroxyl groups excluding tert-OH is 1. The molecule has 7 atom stereocenters. The minimum absolute atomic E-state index is 0.0117. The second-order valence-corrected chi connectivity index (χ2v) is 16.1. The molecule has 1 N–H and O–H groups in total. The van der Waals surface area contributed by atoms with Crippen LogP contribution in [0.2, 0.25) is 0 Å². The zero-order valence-electron chi connectivity index (χ0n) is 25.7. The molecule has 4 aliphatic rings. The molecule has 4 rings (SSSR count). The predicted molar refractivity (Wildman–Crippen MR) is 160 cm³/mol. The van der Waals surface area contributed by atoms with Gasteiger partial charge in [0.05, 0.1) is 35.8 Å². The summed E-state index contributed by atoms with van der Waals surface area (Å²) in [6.07, 6.45) is 12.4. The van der Waals surface area contributed by atoms with Crippen LogP contribution in [0.25, 0.3) is 0 Å². The molecular formula is C32H50N2O5S. The number of likely N-dealkylation sites (tertiary alicyclic amines) is 1. The lowest BCUT2D eigenvalue weighted by Gasteiger charge is -2.46. The summed E-state index contributed by atoms with van der Waals surface area (Å²) in [5.41, 5.74) is -0.477. The molecule has 0 radical (unpaired) electrons. The first-order valence-corrected chi connectivity index (χ1v) is 15.9. The maximum atomic E-state index is 14.9. The summed E-state index contributed by atoms with van der Waals surface area (Å²) in [5.74, 6) is -2.19. The highest BCUT2D eigenvalue weighted by atomic mass is 32.2. The number of rotatable bonds is 6. The highest BCUT2D eigenvalue weighted by Gasteiger charge is 2.75. The van der Waals surface area contributed by atoms with Crippen molar-refractivity contribution in [2.75, 3.05) is 19.8 Å². The Morgan fingerprint density at radius 2 is 1.77 bits per heavy atom. The molecule has 40 heavy (non-hydrogen) atoms. The van der Waals surface area contributed by atoms with E-state index in [9.17, 15) is 19.5 Å². The molecule has 2 saturated heterocycles. The first-order chi connectivity index (χ1) is 18.6. The van der Waals surface area contributed by atoms with Crippen molar-refractivity contribution < 1.29 is 24.2 Å². The molecule has 8 heteroatoms. The van der Waals surface area contributed by atoms with Crippen LogP contribution in [-0.4, -0.2) is 79.6 Å². The Morgan fingerprint density at radius 1 is 1.07 bits per heavy atom. The number of thioether (sulfide) groups is 1. The van der Waals surface area contributed by atoms with Crippen LogP contribution in [0.4, 0.5) is 0 Å². The minimum atomic E-state index is -0.946. The fraction of sp³-hybridized carbons (Fsp3) is 0.781. The average molecular weight is 575 g/mol. The molecule has 2 fully saturated rings. The number of cyclic esters (lactones) is 1. The maximum absolute atomic E-state index is 14.9. The third-order valence-electron chi connectivity index (χ3n) is 9.48. The van der Waals surface area contributed by atoms with Gasteiger partial charge >= 0.3 is 5.97 Å². The number of hydrogen-bond acceptors (Lipinski definition) is 6. The van der Waals surface area contributed by atoms with E-state index in [0.29, 0.717) is 13.2 Å². The Balaban J connectivity index is 1.91. The Bertz CT molecular complexity index is 1060. The van der Waals surface area contributed by atoms with Crippen LogP contribution in [0.5, 0.6) is 0 Å². The van der Waals surface area contributed by atoms with Crippen LogP contribution >= 0.6 is 11.8 Å². The lowest BCUT2D eigenvalue weighted by molar-refractivity contribution is -0.155. The van der Waals surface area contributed by atoms with Crippen molar-refractivity contribution in [3.8, 4) is 0 Å². The summed E-state index contributed by atoms with van der Waals surface area (Å²) in [6.45, 7) is 17.3. The molecule has 1 spiro atoms. The fourth-order valence-corrected chi connectivity index (χ4v) is 9.99. The van der Waals surface area contributed by atoms with Gasteiger partial charge in [-0.1, -0.05) is 65.3 Å². The first-order valence-electron chi connectivity index (χ1n) is 15.1. The Morgan fingerprint density at radius 3 is 2.40 bits per heavy atom. The van der Waals surface area contributed by atoms with E-state index in [1.54, 1.807) is 16.7 Å². The van der Waals surface area contributed by atoms with Crippen molar-refractivity contribution in [2.45, 2.75) is 115 Å². The maximum Gasteiger partial charge on any atom is 0.311 e. The number of carbonyl (C=O) groups is 3. The molecule has 0 aromatic rings. The average Bonchev–Trinajstić information content (AvgIpc) is 3.17. The topological polar surface area (TPSA) is 87.2 Å². The quantitative estimate of drug-likeness (QED) is 0.356. The summed E-state index contributed by atoms with van der Waals surface area (Å²) in [7, 11) is 0. The third kappa shape index (κ3) is 5.28. The number of allylic oxidation sites excluding steroid dienone is 1. The van der Waals surface area contributed by atoms with Crippen LogP contribution in [0.15, 0.2) is 24.3 Å². The van der Waals surface area contributed by atoms with E-state index in [4.69, 9.17) is 4.74 Å². The van der Waals surface area contributed by atoms with Crippen LogP contribution in [0.1, 0.15) is 87.5 Å². The number of carbonyl (C=O) groups excluding carboxylic acids is 3. The van der Waals surface area contributed by atoms with Crippen molar-refractivity contribution in [1.82, 2.24) is 9.80 Å². The summed E-state index contributed by atoms with van der Waals surface area (Å²) in [6, 6.07) is -1.35. The molecule has 0 saturated carbocycles. The van der Waals surface area contributed by atoms with E-state index in [-0.39, 0.29) is 35.7 Å². The normalized spacial score (nSPS) is 35.4. The standard InChI is InChI=1S/C32H50N2O5S/c1-9-21(2)22(19-35)34-25-27(37)33(30(6,7)20-29(3,4)5)17-14-16-32(25)23(26(34)36)24-28(38)39-18-13-11-10-12-15-31(24,8)40-32/h12,14-16,21-25,35H,9-11,13,17-20H2,1-8H3/b15-12-/t21-,22-,23-,24-,25?,31+,32-/m0/s1. The van der Waals surface area contributed by atoms with Crippen molar-refractivity contribution in [3.63, 3.8) is 0 Å². The van der Waals surface area contributed by atoms with Gasteiger partial charge in [-0.25, -0.2) is 0 Å². The van der Waals surface area contributed by atoms with E-state index in [1.165, 1.54) is 0 Å². The summed E-state index contributed by atoms with van der Waals surface area (Å²) >= 11 is 1.57. The second kappa shape index (κ2) is 11.1. The van der Waals surface area contributed by atoms with Gasteiger partial charge in [0, 0.05) is 16.8 Å². The zero-order chi connectivity index (χ0) is 29.7. The fourth-order valence-electron chi connectivity index (χ4n) is 7.85. The first kappa shape index (κ1) is 31.1. The minimum Gasteiger partial charge on any atom is -0.465 e. The van der Waals surface area contributed by atoms with E-state index >= 15 is 0 Å². The SMILES string of the molecule is CC[C@H](C)[C@H](CO)N1C(=O)[C@@H]2[C@H]3C(=O)OCCCC/C=C\[C@@]3(C)S[C@@]23C=CCN(C(C)(C)CC(C)(C)C)C(=O)C13. The number of ether oxygens (including phenoxy) is 1. The summed E-state index contributed by atoms with van der Waals surface area (Å²) < 4.78 is 4.13. The van der Waals surface area contributed by atoms with Gasteiger partial charge in [0.1, 0.15) is 6.04 Å².